The molecule has 0 fully saturated rings. The first kappa shape index (κ1) is 11.3. The average molecular weight is 237 g/mol. The van der Waals surface area contributed by atoms with E-state index in [2.05, 4.69) is 32.3 Å². The molecule has 0 aliphatic heterocycles. The first-order valence-electron chi connectivity index (χ1n) is 5.35. The van der Waals surface area contributed by atoms with E-state index in [9.17, 15) is 0 Å². The molecule has 16 heavy (non-hydrogen) atoms. The number of hydrogen-bond donors (Lipinski definition) is 1. The smallest absolute Gasteiger partial charge is 0.220 e. The summed E-state index contributed by atoms with van der Waals surface area (Å²) in [7, 11) is 1.94. The van der Waals surface area contributed by atoms with Gasteiger partial charge < -0.3 is 9.73 Å². The third-order valence-electron chi connectivity index (χ3n) is 2.26. The minimum absolute atomic E-state index is 0.706. The fourth-order valence-corrected chi connectivity index (χ4v) is 2.11. The van der Waals surface area contributed by atoms with Crippen molar-refractivity contribution in [2.24, 2.45) is 0 Å². The van der Waals surface area contributed by atoms with Crippen molar-refractivity contribution in [3.05, 3.63) is 34.2 Å². The van der Waals surface area contributed by atoms with Crippen LogP contribution in [0, 0.1) is 0 Å². The predicted octanol–water partition coefficient (Wildman–Crippen LogP) is 1.87. The van der Waals surface area contributed by atoms with Crippen LogP contribution < -0.4 is 5.32 Å². The maximum atomic E-state index is 5.56. The number of nitrogens with one attached hydrogen (secondary N) is 1. The Bertz CT molecular complexity index is 411. The number of thiophene rings is 1. The van der Waals surface area contributed by atoms with E-state index in [4.69, 9.17) is 4.42 Å². The van der Waals surface area contributed by atoms with Gasteiger partial charge in [-0.05, 0) is 42.4 Å². The molecule has 0 spiro atoms. The van der Waals surface area contributed by atoms with Crippen molar-refractivity contribution in [3.8, 4) is 0 Å². The van der Waals surface area contributed by atoms with Gasteiger partial charge in [-0.2, -0.15) is 11.3 Å². The van der Waals surface area contributed by atoms with Crippen LogP contribution in [0.3, 0.4) is 0 Å². The highest BCUT2D eigenvalue weighted by Gasteiger charge is 2.06. The molecule has 5 heteroatoms. The molecule has 0 aliphatic rings. The second-order valence-corrected chi connectivity index (χ2v) is 4.39. The van der Waals surface area contributed by atoms with Gasteiger partial charge >= 0.3 is 0 Å². The lowest BCUT2D eigenvalue weighted by Crippen LogP contribution is -2.08. The summed E-state index contributed by atoms with van der Waals surface area (Å²) in [5, 5.41) is 15.3. The van der Waals surface area contributed by atoms with Crippen molar-refractivity contribution in [2.45, 2.75) is 19.3 Å². The third-order valence-corrected chi connectivity index (χ3v) is 2.99. The van der Waals surface area contributed by atoms with Crippen LogP contribution in [-0.4, -0.2) is 23.8 Å². The second kappa shape index (κ2) is 5.77. The Hall–Kier alpha value is -1.20. The van der Waals surface area contributed by atoms with Gasteiger partial charge in [0.25, 0.3) is 0 Å². The number of aryl methyl sites for hydroxylation is 1. The van der Waals surface area contributed by atoms with Gasteiger partial charge in [-0.15, -0.1) is 10.2 Å². The molecular formula is C11H15N3OS. The van der Waals surface area contributed by atoms with Gasteiger partial charge in [0, 0.05) is 6.42 Å². The van der Waals surface area contributed by atoms with Gasteiger partial charge in [0.2, 0.25) is 11.8 Å². The largest absolute Gasteiger partial charge is 0.425 e. The molecule has 2 rings (SSSR count). The van der Waals surface area contributed by atoms with E-state index in [1.807, 2.05) is 7.05 Å². The van der Waals surface area contributed by atoms with Crippen LogP contribution in [0.25, 0.3) is 0 Å². The topological polar surface area (TPSA) is 51.0 Å². The second-order valence-electron chi connectivity index (χ2n) is 3.61. The Kier molecular flexibility index (Phi) is 4.07. The Labute approximate surface area is 98.7 Å². The summed E-state index contributed by atoms with van der Waals surface area (Å²) < 4.78 is 5.56. The Morgan fingerprint density at radius 3 is 3.00 bits per heavy atom. The maximum absolute atomic E-state index is 5.56. The van der Waals surface area contributed by atoms with Crippen molar-refractivity contribution in [1.82, 2.24) is 15.5 Å². The molecule has 0 unspecified atom stereocenters. The molecule has 2 aromatic heterocycles. The predicted molar refractivity (Wildman–Crippen MR) is 63.7 cm³/mol. The molecule has 4 nitrogen and oxygen atoms in total. The number of aromatic nitrogens is 2. The van der Waals surface area contributed by atoms with Gasteiger partial charge in [0.15, 0.2) is 0 Å². The fraction of sp³-hybridized carbons (Fsp3) is 0.455. The van der Waals surface area contributed by atoms with Crippen LogP contribution in [0.4, 0.5) is 0 Å². The number of rotatable bonds is 6. The van der Waals surface area contributed by atoms with Crippen LogP contribution in [0.15, 0.2) is 21.2 Å². The molecule has 86 valence electrons. The summed E-state index contributed by atoms with van der Waals surface area (Å²) in [6, 6.07) is 2.08. The van der Waals surface area contributed by atoms with Crippen molar-refractivity contribution in [2.75, 3.05) is 13.6 Å². The Balaban J connectivity index is 1.87. The summed E-state index contributed by atoms with van der Waals surface area (Å²) in [5.41, 5.74) is 1.23. The standard InChI is InChI=1S/C11H15N3OS/c1-12-5-2-3-10-13-14-11(15-10)7-9-4-6-16-8-9/h4,6,8,12H,2-3,5,7H2,1H3. The lowest BCUT2D eigenvalue weighted by atomic mass is 10.2. The van der Waals surface area contributed by atoms with Crippen LogP contribution >= 0.6 is 11.3 Å². The van der Waals surface area contributed by atoms with Crippen LogP contribution in [0.1, 0.15) is 23.8 Å². The van der Waals surface area contributed by atoms with Crippen LogP contribution in [-0.2, 0) is 12.8 Å². The maximum Gasteiger partial charge on any atom is 0.220 e. The van der Waals surface area contributed by atoms with Crippen molar-refractivity contribution < 1.29 is 4.42 Å². The molecule has 0 saturated heterocycles. The molecule has 1 N–H and O–H groups in total. The van der Waals surface area contributed by atoms with Gasteiger partial charge in [-0.3, -0.25) is 0 Å². The molecule has 0 amide bonds. The summed E-state index contributed by atoms with van der Waals surface area (Å²) in [6.45, 7) is 0.974. The molecule has 0 bridgehead atoms. The van der Waals surface area contributed by atoms with Gasteiger partial charge in [-0.25, -0.2) is 0 Å². The van der Waals surface area contributed by atoms with Gasteiger partial charge in [-0.1, -0.05) is 0 Å². The normalized spacial score (nSPS) is 10.8. The SMILES string of the molecule is CNCCCc1nnc(Cc2ccsc2)o1. The van der Waals surface area contributed by atoms with E-state index in [-0.39, 0.29) is 0 Å². The molecule has 0 aliphatic carbocycles. The lowest BCUT2D eigenvalue weighted by Gasteiger charge is -1.94. The quantitative estimate of drug-likeness (QED) is 0.779. The van der Waals surface area contributed by atoms with Crippen molar-refractivity contribution in [3.63, 3.8) is 0 Å². The molecule has 2 heterocycles. The zero-order chi connectivity index (χ0) is 11.2. The number of hydrogen-bond acceptors (Lipinski definition) is 5. The summed E-state index contributed by atoms with van der Waals surface area (Å²) in [4.78, 5) is 0. The van der Waals surface area contributed by atoms with Gasteiger partial charge in [0.05, 0.1) is 6.42 Å². The molecule has 0 aromatic carbocycles. The molecule has 0 radical (unpaired) electrons. The Morgan fingerprint density at radius 1 is 1.38 bits per heavy atom. The minimum Gasteiger partial charge on any atom is -0.425 e. The first-order chi connectivity index (χ1) is 7.88. The molecule has 0 saturated carbocycles. The zero-order valence-electron chi connectivity index (χ0n) is 9.27. The molecule has 0 atom stereocenters. The monoisotopic (exact) mass is 237 g/mol. The fourth-order valence-electron chi connectivity index (χ4n) is 1.45. The highest BCUT2D eigenvalue weighted by molar-refractivity contribution is 7.07. The van der Waals surface area contributed by atoms with Crippen molar-refractivity contribution in [1.29, 1.82) is 0 Å². The third kappa shape index (κ3) is 3.15. The van der Waals surface area contributed by atoms with E-state index >= 15 is 0 Å². The van der Waals surface area contributed by atoms with Crippen molar-refractivity contribution >= 4 is 11.3 Å². The highest BCUT2D eigenvalue weighted by Crippen LogP contribution is 2.12. The average Bonchev–Trinajstić information content (AvgIpc) is 2.91. The summed E-state index contributed by atoms with van der Waals surface area (Å²) >= 11 is 1.68. The lowest BCUT2D eigenvalue weighted by molar-refractivity contribution is 0.451. The van der Waals surface area contributed by atoms with E-state index in [0.717, 1.165) is 31.7 Å². The van der Waals surface area contributed by atoms with E-state index in [1.165, 1.54) is 5.56 Å². The van der Waals surface area contributed by atoms with Crippen LogP contribution in [0.2, 0.25) is 0 Å². The van der Waals surface area contributed by atoms with E-state index in [0.29, 0.717) is 5.89 Å². The zero-order valence-corrected chi connectivity index (χ0v) is 10.1. The van der Waals surface area contributed by atoms with E-state index < -0.39 is 0 Å². The summed E-state index contributed by atoms with van der Waals surface area (Å²) in [5.74, 6) is 1.44. The molecule has 2 aromatic rings. The molecular weight excluding hydrogens is 222 g/mol. The highest BCUT2D eigenvalue weighted by atomic mass is 32.1. The van der Waals surface area contributed by atoms with E-state index in [1.54, 1.807) is 11.3 Å². The number of nitrogens with zero attached hydrogens (tertiary/aromatic N) is 2. The van der Waals surface area contributed by atoms with Crippen LogP contribution in [0.5, 0.6) is 0 Å². The summed E-state index contributed by atoms with van der Waals surface area (Å²) in [6.07, 6.45) is 2.61. The minimum atomic E-state index is 0.706. The first-order valence-corrected chi connectivity index (χ1v) is 6.29. The van der Waals surface area contributed by atoms with Gasteiger partial charge in [0.1, 0.15) is 0 Å². The Morgan fingerprint density at radius 2 is 2.25 bits per heavy atom.